The van der Waals surface area contributed by atoms with E-state index in [1.165, 1.54) is 5.56 Å². The third-order valence-corrected chi connectivity index (χ3v) is 5.67. The Kier molecular flexibility index (Phi) is 9.45. The zero-order valence-electron chi connectivity index (χ0n) is 20.8. The molecule has 0 spiro atoms. The van der Waals surface area contributed by atoms with Crippen molar-refractivity contribution in [2.75, 3.05) is 19.8 Å². The molecule has 0 unspecified atom stereocenters. The van der Waals surface area contributed by atoms with E-state index >= 15 is 0 Å². The van der Waals surface area contributed by atoms with Gasteiger partial charge in [0.1, 0.15) is 5.75 Å². The summed E-state index contributed by atoms with van der Waals surface area (Å²) in [6.45, 7) is 13.9. The number of benzene rings is 2. The minimum atomic E-state index is -0.599. The lowest BCUT2D eigenvalue weighted by Crippen LogP contribution is -2.39. The van der Waals surface area contributed by atoms with Crippen LogP contribution in [0.2, 0.25) is 0 Å². The Bertz CT molecular complexity index is 1030. The van der Waals surface area contributed by atoms with Crippen LogP contribution in [0.25, 0.3) is 5.69 Å². The van der Waals surface area contributed by atoms with Gasteiger partial charge >= 0.3 is 0 Å². The lowest BCUT2D eigenvalue weighted by molar-refractivity contribution is 0.0176. The van der Waals surface area contributed by atoms with Crippen LogP contribution in [0.4, 0.5) is 0 Å². The first-order valence-corrected chi connectivity index (χ1v) is 11.9. The minimum absolute atomic E-state index is 0.214. The summed E-state index contributed by atoms with van der Waals surface area (Å²) >= 11 is 0. The molecule has 0 saturated carbocycles. The van der Waals surface area contributed by atoms with Crippen molar-refractivity contribution in [3.63, 3.8) is 0 Å². The normalized spacial score (nSPS) is 12.3. The summed E-state index contributed by atoms with van der Waals surface area (Å²) in [7, 11) is 0. The van der Waals surface area contributed by atoms with Gasteiger partial charge in [0.25, 0.3) is 0 Å². The van der Waals surface area contributed by atoms with Crippen molar-refractivity contribution < 1.29 is 14.6 Å². The first kappa shape index (κ1) is 25.7. The van der Waals surface area contributed by atoms with E-state index in [1.807, 2.05) is 59.3 Å². The maximum Gasteiger partial charge on any atom is 0.227 e. The summed E-state index contributed by atoms with van der Waals surface area (Å²) in [5.41, 5.74) is 4.13. The number of rotatable bonds is 13. The molecule has 0 saturated heterocycles. The first-order chi connectivity index (χ1) is 16.4. The van der Waals surface area contributed by atoms with E-state index in [1.54, 1.807) is 6.08 Å². The number of hydrogen-bond donors (Lipinski definition) is 1. The molecule has 0 aliphatic heterocycles. The summed E-state index contributed by atoms with van der Waals surface area (Å²) in [5, 5.41) is 15.5. The highest BCUT2D eigenvalue weighted by Crippen LogP contribution is 2.32. The SMILES string of the molecule is C=CCOC[C@H](O)CN(Cc1c(CC)nn(-c2ccccc2)c1Oc1ccc(C)cc1)C(C)C. The molecule has 1 aromatic heterocycles. The largest absolute Gasteiger partial charge is 0.439 e. The zero-order chi connectivity index (χ0) is 24.5. The second kappa shape index (κ2) is 12.5. The Labute approximate surface area is 203 Å². The maximum atomic E-state index is 10.6. The fourth-order valence-electron chi connectivity index (χ4n) is 3.76. The monoisotopic (exact) mass is 463 g/mol. The van der Waals surface area contributed by atoms with Gasteiger partial charge in [-0.3, -0.25) is 4.90 Å². The quantitative estimate of drug-likeness (QED) is 0.275. The second-order valence-electron chi connectivity index (χ2n) is 8.75. The number of ether oxygens (including phenoxy) is 2. The van der Waals surface area contributed by atoms with Gasteiger partial charge in [0.05, 0.1) is 36.3 Å². The zero-order valence-corrected chi connectivity index (χ0v) is 20.8. The van der Waals surface area contributed by atoms with Crippen LogP contribution in [0.15, 0.2) is 67.3 Å². The van der Waals surface area contributed by atoms with E-state index in [0.29, 0.717) is 25.6 Å². The summed E-state index contributed by atoms with van der Waals surface area (Å²) in [4.78, 5) is 2.23. The molecule has 6 heteroatoms. The smallest absolute Gasteiger partial charge is 0.227 e. The summed E-state index contributed by atoms with van der Waals surface area (Å²) in [6, 6.07) is 18.3. The van der Waals surface area contributed by atoms with Crippen LogP contribution < -0.4 is 4.74 Å². The molecule has 34 heavy (non-hydrogen) atoms. The number of aliphatic hydroxyl groups excluding tert-OH is 1. The van der Waals surface area contributed by atoms with Crippen molar-refractivity contribution in [2.45, 2.75) is 52.8 Å². The van der Waals surface area contributed by atoms with Crippen LogP contribution in [-0.2, 0) is 17.7 Å². The summed E-state index contributed by atoms with van der Waals surface area (Å²) < 4.78 is 13.8. The molecule has 0 bridgehead atoms. The Balaban J connectivity index is 1.97. The van der Waals surface area contributed by atoms with Crippen molar-refractivity contribution in [2.24, 2.45) is 0 Å². The molecule has 6 nitrogen and oxygen atoms in total. The molecular weight excluding hydrogens is 426 g/mol. The van der Waals surface area contributed by atoms with E-state index in [0.717, 1.165) is 29.1 Å². The second-order valence-corrected chi connectivity index (χ2v) is 8.75. The van der Waals surface area contributed by atoms with Crippen LogP contribution in [0.1, 0.15) is 37.6 Å². The van der Waals surface area contributed by atoms with E-state index in [-0.39, 0.29) is 12.6 Å². The average Bonchev–Trinajstić information content (AvgIpc) is 3.17. The van der Waals surface area contributed by atoms with Crippen molar-refractivity contribution in [3.05, 3.63) is 84.1 Å². The molecule has 1 atom stereocenters. The first-order valence-electron chi connectivity index (χ1n) is 11.9. The van der Waals surface area contributed by atoms with Crippen molar-refractivity contribution in [1.82, 2.24) is 14.7 Å². The number of hydrogen-bond acceptors (Lipinski definition) is 5. The number of para-hydroxylation sites is 1. The van der Waals surface area contributed by atoms with Gasteiger partial charge in [0.2, 0.25) is 5.88 Å². The van der Waals surface area contributed by atoms with Crippen molar-refractivity contribution in [1.29, 1.82) is 0 Å². The Morgan fingerprint density at radius 1 is 1.12 bits per heavy atom. The molecule has 1 N–H and O–H groups in total. The lowest BCUT2D eigenvalue weighted by Gasteiger charge is -2.29. The Hall–Kier alpha value is -2.93. The van der Waals surface area contributed by atoms with Gasteiger partial charge in [-0.15, -0.1) is 6.58 Å². The van der Waals surface area contributed by atoms with E-state index in [4.69, 9.17) is 14.6 Å². The molecule has 1 heterocycles. The highest BCUT2D eigenvalue weighted by atomic mass is 16.5. The van der Waals surface area contributed by atoms with E-state index in [9.17, 15) is 5.11 Å². The molecule has 0 amide bonds. The Morgan fingerprint density at radius 3 is 2.44 bits per heavy atom. The minimum Gasteiger partial charge on any atom is -0.439 e. The van der Waals surface area contributed by atoms with Crippen LogP contribution in [0.3, 0.4) is 0 Å². The highest BCUT2D eigenvalue weighted by molar-refractivity contribution is 5.44. The summed E-state index contributed by atoms with van der Waals surface area (Å²) in [6.07, 6.45) is 1.86. The number of aryl methyl sites for hydroxylation is 2. The Morgan fingerprint density at radius 2 is 1.82 bits per heavy atom. The van der Waals surface area contributed by atoms with Crippen LogP contribution in [0.5, 0.6) is 11.6 Å². The molecular formula is C28H37N3O3. The van der Waals surface area contributed by atoms with Gasteiger partial charge in [-0.2, -0.15) is 5.10 Å². The standard InChI is InChI=1S/C28H37N3O3/c1-6-17-33-20-24(32)18-30(21(3)4)19-26-27(7-2)29-31(23-11-9-8-10-12-23)28(26)34-25-15-13-22(5)14-16-25/h6,8-16,21,24,32H,1,7,17-20H2,2-5H3/t24-/m1/s1. The van der Waals surface area contributed by atoms with Crippen LogP contribution in [-0.4, -0.2) is 51.7 Å². The molecule has 0 aliphatic rings. The lowest BCUT2D eigenvalue weighted by atomic mass is 10.1. The van der Waals surface area contributed by atoms with Gasteiger partial charge in [-0.05, 0) is 51.5 Å². The van der Waals surface area contributed by atoms with Gasteiger partial charge in [-0.25, -0.2) is 4.68 Å². The van der Waals surface area contributed by atoms with Crippen LogP contribution in [0, 0.1) is 6.92 Å². The van der Waals surface area contributed by atoms with Gasteiger partial charge in [0, 0.05) is 19.1 Å². The maximum absolute atomic E-state index is 10.6. The molecule has 2 aromatic carbocycles. The molecule has 182 valence electrons. The fourth-order valence-corrected chi connectivity index (χ4v) is 3.76. The molecule has 3 rings (SSSR count). The third-order valence-electron chi connectivity index (χ3n) is 5.67. The number of nitrogens with zero attached hydrogens (tertiary/aromatic N) is 3. The molecule has 0 radical (unpaired) electrons. The third kappa shape index (κ3) is 6.79. The average molecular weight is 464 g/mol. The topological polar surface area (TPSA) is 59.8 Å². The van der Waals surface area contributed by atoms with Gasteiger partial charge in [-0.1, -0.05) is 48.9 Å². The number of aromatic nitrogens is 2. The van der Waals surface area contributed by atoms with Crippen LogP contribution >= 0.6 is 0 Å². The predicted molar refractivity (Wildman–Crippen MR) is 137 cm³/mol. The summed E-state index contributed by atoms with van der Waals surface area (Å²) in [5.74, 6) is 1.47. The number of aliphatic hydroxyl groups is 1. The fraction of sp³-hybridized carbons (Fsp3) is 0.393. The van der Waals surface area contributed by atoms with Crippen molar-refractivity contribution in [3.8, 4) is 17.3 Å². The highest BCUT2D eigenvalue weighted by Gasteiger charge is 2.25. The van der Waals surface area contributed by atoms with Gasteiger partial charge < -0.3 is 14.6 Å². The molecule has 3 aromatic rings. The molecule has 0 aliphatic carbocycles. The molecule has 0 fully saturated rings. The van der Waals surface area contributed by atoms with Crippen molar-refractivity contribution >= 4 is 0 Å². The van der Waals surface area contributed by atoms with Gasteiger partial charge in [0.15, 0.2) is 0 Å². The van der Waals surface area contributed by atoms with E-state index < -0.39 is 6.10 Å². The predicted octanol–water partition coefficient (Wildman–Crippen LogP) is 5.31. The van der Waals surface area contributed by atoms with E-state index in [2.05, 4.69) is 39.2 Å².